The van der Waals surface area contributed by atoms with Crippen LogP contribution in [0.2, 0.25) is 0 Å². The van der Waals surface area contributed by atoms with Gasteiger partial charge in [-0.3, -0.25) is 0 Å². The summed E-state index contributed by atoms with van der Waals surface area (Å²) in [5.74, 6) is 0. The zero-order valence-electron chi connectivity index (χ0n) is 10.1. The van der Waals surface area contributed by atoms with Gasteiger partial charge in [0.1, 0.15) is 0 Å². The fraction of sp³-hybridized carbons (Fsp3) is 0.571. The average molecular weight is 218 g/mol. The van der Waals surface area contributed by atoms with Gasteiger partial charge in [-0.2, -0.15) is 0 Å². The first-order chi connectivity index (χ1) is 7.75. The third-order valence-corrected chi connectivity index (χ3v) is 3.59. The minimum absolute atomic E-state index is 0.460. The number of hydrogen-bond donors (Lipinski definition) is 1. The molecular weight excluding hydrogens is 196 g/mol. The number of nitrogens with two attached hydrogens (primary N) is 1. The highest BCUT2D eigenvalue weighted by Crippen LogP contribution is 2.22. The van der Waals surface area contributed by atoms with Gasteiger partial charge in [-0.1, -0.05) is 30.3 Å². The molecule has 0 bridgehead atoms. The maximum atomic E-state index is 5.80. The Morgan fingerprint density at radius 3 is 2.56 bits per heavy atom. The van der Waals surface area contributed by atoms with Crippen molar-refractivity contribution in [2.24, 2.45) is 5.73 Å². The molecule has 0 amide bonds. The van der Waals surface area contributed by atoms with Gasteiger partial charge in [0.2, 0.25) is 0 Å². The lowest BCUT2D eigenvalue weighted by atomic mass is 9.86. The van der Waals surface area contributed by atoms with E-state index in [1.54, 1.807) is 0 Å². The molecule has 1 aliphatic rings. The third kappa shape index (κ3) is 3.06. The summed E-state index contributed by atoms with van der Waals surface area (Å²) in [6.45, 7) is 1.19. The van der Waals surface area contributed by atoms with E-state index >= 15 is 0 Å². The highest BCUT2D eigenvalue weighted by Gasteiger charge is 2.28. The van der Waals surface area contributed by atoms with Crippen molar-refractivity contribution in [1.82, 2.24) is 4.90 Å². The molecule has 0 saturated heterocycles. The van der Waals surface area contributed by atoms with E-state index in [9.17, 15) is 0 Å². The first kappa shape index (κ1) is 11.6. The Bertz CT molecular complexity index is 304. The minimum Gasteiger partial charge on any atom is -0.328 e. The molecule has 1 fully saturated rings. The van der Waals surface area contributed by atoms with E-state index in [1.165, 1.54) is 37.8 Å². The van der Waals surface area contributed by atoms with Gasteiger partial charge in [0.25, 0.3) is 0 Å². The molecule has 0 aliphatic heterocycles. The van der Waals surface area contributed by atoms with E-state index < -0.39 is 0 Å². The van der Waals surface area contributed by atoms with E-state index in [4.69, 9.17) is 5.73 Å². The van der Waals surface area contributed by atoms with Gasteiger partial charge in [0.05, 0.1) is 0 Å². The molecule has 2 rings (SSSR count). The second kappa shape index (κ2) is 5.46. The maximum Gasteiger partial charge on any atom is 0.0122 e. The van der Waals surface area contributed by atoms with E-state index in [1.807, 2.05) is 0 Å². The molecule has 2 nitrogen and oxygen atoms in total. The lowest BCUT2D eigenvalue weighted by Crippen LogP contribution is -2.49. The molecule has 1 aliphatic carbocycles. The van der Waals surface area contributed by atoms with Crippen molar-refractivity contribution in [3.8, 4) is 0 Å². The van der Waals surface area contributed by atoms with Crippen LogP contribution < -0.4 is 5.73 Å². The second-order valence-corrected chi connectivity index (χ2v) is 4.96. The van der Waals surface area contributed by atoms with E-state index in [0.29, 0.717) is 6.04 Å². The molecule has 1 aromatic rings. The van der Waals surface area contributed by atoms with Crippen LogP contribution in [0.3, 0.4) is 0 Å². The van der Waals surface area contributed by atoms with Gasteiger partial charge in [0.15, 0.2) is 0 Å². The molecule has 2 heteroatoms. The van der Waals surface area contributed by atoms with Crippen LogP contribution in [0.15, 0.2) is 30.3 Å². The van der Waals surface area contributed by atoms with Crippen molar-refractivity contribution in [1.29, 1.82) is 0 Å². The standard InChI is InChI=1S/C14H22N2/c1-16(14-10-13(15)11-14)9-5-8-12-6-3-2-4-7-12/h2-4,6-7,13-14H,5,8-11,15H2,1H3. The Kier molecular flexibility index (Phi) is 3.97. The molecule has 0 heterocycles. The summed E-state index contributed by atoms with van der Waals surface area (Å²) in [6.07, 6.45) is 4.79. The van der Waals surface area contributed by atoms with Gasteiger partial charge in [0, 0.05) is 12.1 Å². The Morgan fingerprint density at radius 2 is 1.94 bits per heavy atom. The van der Waals surface area contributed by atoms with Crippen molar-refractivity contribution in [3.05, 3.63) is 35.9 Å². The van der Waals surface area contributed by atoms with Crippen LogP contribution in [0.4, 0.5) is 0 Å². The summed E-state index contributed by atoms with van der Waals surface area (Å²) in [5.41, 5.74) is 7.25. The number of rotatable bonds is 5. The van der Waals surface area contributed by atoms with Crippen molar-refractivity contribution in [3.63, 3.8) is 0 Å². The summed E-state index contributed by atoms with van der Waals surface area (Å²) < 4.78 is 0. The molecule has 2 N–H and O–H groups in total. The summed E-state index contributed by atoms with van der Waals surface area (Å²) >= 11 is 0. The number of hydrogen-bond acceptors (Lipinski definition) is 2. The van der Waals surface area contributed by atoms with Crippen molar-refractivity contribution in [2.45, 2.75) is 37.8 Å². The van der Waals surface area contributed by atoms with E-state index in [0.717, 1.165) is 6.04 Å². The molecular formula is C14H22N2. The molecule has 88 valence electrons. The second-order valence-electron chi connectivity index (χ2n) is 4.96. The van der Waals surface area contributed by atoms with E-state index in [2.05, 4.69) is 42.3 Å². The zero-order valence-corrected chi connectivity index (χ0v) is 10.1. The predicted molar refractivity (Wildman–Crippen MR) is 68.4 cm³/mol. The zero-order chi connectivity index (χ0) is 11.4. The van der Waals surface area contributed by atoms with Crippen molar-refractivity contribution >= 4 is 0 Å². The SMILES string of the molecule is CN(CCCc1ccccc1)C1CC(N)C1. The summed E-state index contributed by atoms with van der Waals surface area (Å²) in [6, 6.07) is 11.9. The quantitative estimate of drug-likeness (QED) is 0.819. The van der Waals surface area contributed by atoms with Crippen LogP contribution in [-0.2, 0) is 6.42 Å². The molecule has 0 aromatic heterocycles. The average Bonchev–Trinajstić information content (AvgIpc) is 2.26. The van der Waals surface area contributed by atoms with Crippen LogP contribution in [0, 0.1) is 0 Å². The fourth-order valence-electron chi connectivity index (χ4n) is 2.35. The van der Waals surface area contributed by atoms with E-state index in [-0.39, 0.29) is 0 Å². The lowest BCUT2D eigenvalue weighted by molar-refractivity contribution is 0.138. The summed E-state index contributed by atoms with van der Waals surface area (Å²) in [7, 11) is 2.22. The summed E-state index contributed by atoms with van der Waals surface area (Å²) in [5, 5.41) is 0. The lowest BCUT2D eigenvalue weighted by Gasteiger charge is -2.39. The predicted octanol–water partition coefficient (Wildman–Crippen LogP) is 2.04. The molecule has 0 unspecified atom stereocenters. The molecule has 0 spiro atoms. The molecule has 0 radical (unpaired) electrons. The van der Waals surface area contributed by atoms with Crippen LogP contribution >= 0.6 is 0 Å². The number of nitrogens with zero attached hydrogens (tertiary/aromatic N) is 1. The van der Waals surface area contributed by atoms with Crippen molar-refractivity contribution in [2.75, 3.05) is 13.6 Å². The maximum absolute atomic E-state index is 5.80. The largest absolute Gasteiger partial charge is 0.328 e. The monoisotopic (exact) mass is 218 g/mol. The normalized spacial score (nSPS) is 24.4. The third-order valence-electron chi connectivity index (χ3n) is 3.59. The topological polar surface area (TPSA) is 29.3 Å². The van der Waals surface area contributed by atoms with Crippen LogP contribution in [0.1, 0.15) is 24.8 Å². The van der Waals surface area contributed by atoms with Crippen LogP contribution in [-0.4, -0.2) is 30.6 Å². The number of aryl methyl sites for hydroxylation is 1. The summed E-state index contributed by atoms with van der Waals surface area (Å²) in [4.78, 5) is 2.46. The van der Waals surface area contributed by atoms with Gasteiger partial charge in [-0.15, -0.1) is 0 Å². The first-order valence-electron chi connectivity index (χ1n) is 6.25. The van der Waals surface area contributed by atoms with Crippen LogP contribution in [0.25, 0.3) is 0 Å². The molecule has 0 atom stereocenters. The Labute approximate surface area is 98.4 Å². The number of benzene rings is 1. The first-order valence-corrected chi connectivity index (χ1v) is 6.25. The molecule has 1 saturated carbocycles. The van der Waals surface area contributed by atoms with Gasteiger partial charge >= 0.3 is 0 Å². The highest BCUT2D eigenvalue weighted by molar-refractivity contribution is 5.14. The Balaban J connectivity index is 1.64. The van der Waals surface area contributed by atoms with Gasteiger partial charge in [-0.25, -0.2) is 0 Å². The Hall–Kier alpha value is -0.860. The molecule has 1 aromatic carbocycles. The smallest absolute Gasteiger partial charge is 0.0122 e. The fourth-order valence-corrected chi connectivity index (χ4v) is 2.35. The molecule has 16 heavy (non-hydrogen) atoms. The van der Waals surface area contributed by atoms with Crippen molar-refractivity contribution < 1.29 is 0 Å². The minimum atomic E-state index is 0.460. The van der Waals surface area contributed by atoms with Gasteiger partial charge in [-0.05, 0) is 44.8 Å². The highest BCUT2D eigenvalue weighted by atomic mass is 15.1. The van der Waals surface area contributed by atoms with Crippen LogP contribution in [0.5, 0.6) is 0 Å². The Morgan fingerprint density at radius 1 is 1.25 bits per heavy atom. The van der Waals surface area contributed by atoms with Gasteiger partial charge < -0.3 is 10.6 Å².